The number of para-hydroxylation sites is 1. The summed E-state index contributed by atoms with van der Waals surface area (Å²) in [5, 5.41) is 12.0. The zero-order valence-corrected chi connectivity index (χ0v) is 16.1. The number of hydrogen-bond acceptors (Lipinski definition) is 3. The lowest BCUT2D eigenvalue weighted by atomic mass is 10.1. The summed E-state index contributed by atoms with van der Waals surface area (Å²) in [7, 11) is 0. The van der Waals surface area contributed by atoms with E-state index < -0.39 is 0 Å². The van der Waals surface area contributed by atoms with Gasteiger partial charge in [-0.25, -0.2) is 9.48 Å². The summed E-state index contributed by atoms with van der Waals surface area (Å²) in [5.41, 5.74) is 1.15. The third-order valence-electron chi connectivity index (χ3n) is 5.11. The first-order chi connectivity index (χ1) is 13.6. The van der Waals surface area contributed by atoms with Crippen molar-refractivity contribution in [3.8, 4) is 0 Å². The lowest BCUT2D eigenvalue weighted by Crippen LogP contribution is -2.32. The lowest BCUT2D eigenvalue weighted by molar-refractivity contribution is 0.251. The van der Waals surface area contributed by atoms with Crippen LogP contribution in [0.2, 0.25) is 5.02 Å². The zero-order valence-electron chi connectivity index (χ0n) is 15.3. The lowest BCUT2D eigenvalue weighted by Gasteiger charge is -2.16. The van der Waals surface area contributed by atoms with Gasteiger partial charge in [-0.1, -0.05) is 54.8 Å². The molecule has 0 unspecified atom stereocenters. The minimum atomic E-state index is -0.377. The van der Waals surface area contributed by atoms with E-state index in [1.807, 2.05) is 24.3 Å². The Morgan fingerprint density at radius 2 is 1.75 bits per heavy atom. The van der Waals surface area contributed by atoms with Gasteiger partial charge in [0.1, 0.15) is 0 Å². The number of aromatic nitrogens is 2. The normalized spacial score (nSPS) is 14.3. The molecular weight excluding hydrogens is 376 g/mol. The molecule has 2 aromatic carbocycles. The van der Waals surface area contributed by atoms with Crippen LogP contribution in [0, 0.1) is 0 Å². The van der Waals surface area contributed by atoms with Gasteiger partial charge >= 0.3 is 6.03 Å². The number of nitrogens with zero attached hydrogens (tertiary/aromatic N) is 2. The first-order valence-electron chi connectivity index (χ1n) is 9.43. The molecule has 6 nitrogen and oxygen atoms in total. The third-order valence-corrected chi connectivity index (χ3v) is 5.44. The second-order valence-electron chi connectivity index (χ2n) is 6.97. The molecular formula is C21H21ClN4O2. The molecule has 7 heteroatoms. The number of anilines is 1. The van der Waals surface area contributed by atoms with E-state index in [4.69, 9.17) is 11.6 Å². The maximum absolute atomic E-state index is 12.9. The van der Waals surface area contributed by atoms with Crippen molar-refractivity contribution in [1.82, 2.24) is 15.1 Å². The molecule has 0 saturated heterocycles. The van der Waals surface area contributed by atoms with Crippen LogP contribution in [-0.2, 0) is 6.54 Å². The third kappa shape index (κ3) is 3.73. The Hall–Kier alpha value is -2.86. The van der Waals surface area contributed by atoms with Crippen LogP contribution in [0.25, 0.3) is 10.8 Å². The number of benzene rings is 2. The van der Waals surface area contributed by atoms with Crippen molar-refractivity contribution in [3.63, 3.8) is 0 Å². The second kappa shape index (κ2) is 8.02. The Labute approximate surface area is 167 Å². The fourth-order valence-corrected chi connectivity index (χ4v) is 3.88. The molecule has 1 aliphatic rings. The predicted octanol–water partition coefficient (Wildman–Crippen LogP) is 4.49. The predicted molar refractivity (Wildman–Crippen MR) is 111 cm³/mol. The van der Waals surface area contributed by atoms with E-state index in [0.29, 0.717) is 21.8 Å². The summed E-state index contributed by atoms with van der Waals surface area (Å²) in [5.74, 6) is 0. The number of rotatable bonds is 4. The molecule has 28 heavy (non-hydrogen) atoms. The van der Waals surface area contributed by atoms with Crippen molar-refractivity contribution in [1.29, 1.82) is 0 Å². The Kier molecular flexibility index (Phi) is 5.30. The highest BCUT2D eigenvalue weighted by Gasteiger charge is 2.21. The molecule has 144 valence electrons. The monoisotopic (exact) mass is 396 g/mol. The first-order valence-corrected chi connectivity index (χ1v) is 9.81. The van der Waals surface area contributed by atoms with Gasteiger partial charge < -0.3 is 10.6 Å². The van der Waals surface area contributed by atoms with Gasteiger partial charge in [-0.05, 0) is 31.0 Å². The molecule has 1 aliphatic carbocycles. The molecule has 3 aromatic rings. The molecule has 0 atom stereocenters. The van der Waals surface area contributed by atoms with Crippen molar-refractivity contribution in [2.24, 2.45) is 0 Å². The van der Waals surface area contributed by atoms with Crippen molar-refractivity contribution in [2.75, 3.05) is 5.32 Å². The van der Waals surface area contributed by atoms with Crippen LogP contribution in [0.5, 0.6) is 0 Å². The average Bonchev–Trinajstić information content (AvgIpc) is 3.24. The number of urea groups is 1. The number of amides is 2. The molecule has 1 aromatic heterocycles. The Bertz CT molecular complexity index is 1070. The number of nitrogens with one attached hydrogen (secondary N) is 2. The second-order valence-corrected chi connectivity index (χ2v) is 7.38. The van der Waals surface area contributed by atoms with Crippen molar-refractivity contribution < 1.29 is 4.79 Å². The van der Waals surface area contributed by atoms with Gasteiger partial charge in [0.25, 0.3) is 5.56 Å². The topological polar surface area (TPSA) is 76.0 Å². The number of carbonyl (C=O) groups excluding carboxylic acids is 1. The van der Waals surface area contributed by atoms with Crippen LogP contribution < -0.4 is 16.2 Å². The summed E-state index contributed by atoms with van der Waals surface area (Å²) in [4.78, 5) is 25.2. The summed E-state index contributed by atoms with van der Waals surface area (Å²) in [6.07, 6.45) is 4.15. The summed E-state index contributed by atoms with van der Waals surface area (Å²) in [6.45, 7) is 0.212. The molecule has 1 saturated carbocycles. The van der Waals surface area contributed by atoms with Crippen LogP contribution >= 0.6 is 11.6 Å². The van der Waals surface area contributed by atoms with Gasteiger partial charge in [0.15, 0.2) is 0 Å². The molecule has 4 rings (SSSR count). The SMILES string of the molecule is O=C(NCc1nn(C2CCCC2)c(=O)c2ccccc12)Nc1ccccc1Cl. The fourth-order valence-electron chi connectivity index (χ4n) is 3.69. The van der Waals surface area contributed by atoms with E-state index in [2.05, 4.69) is 15.7 Å². The number of halogens is 1. The van der Waals surface area contributed by atoms with Gasteiger partial charge in [0.05, 0.1) is 34.4 Å². The van der Waals surface area contributed by atoms with E-state index in [-0.39, 0.29) is 24.2 Å². The highest BCUT2D eigenvalue weighted by Crippen LogP contribution is 2.28. The Morgan fingerprint density at radius 3 is 2.50 bits per heavy atom. The fraction of sp³-hybridized carbons (Fsp3) is 0.286. The van der Waals surface area contributed by atoms with Gasteiger partial charge in [0, 0.05) is 5.39 Å². The van der Waals surface area contributed by atoms with Crippen LogP contribution in [0.4, 0.5) is 10.5 Å². The Balaban J connectivity index is 1.59. The average molecular weight is 397 g/mol. The van der Waals surface area contributed by atoms with E-state index in [1.54, 1.807) is 28.9 Å². The van der Waals surface area contributed by atoms with Gasteiger partial charge in [-0.3, -0.25) is 4.79 Å². The van der Waals surface area contributed by atoms with Crippen molar-refractivity contribution >= 4 is 34.1 Å². The summed E-state index contributed by atoms with van der Waals surface area (Å²) < 4.78 is 1.61. The molecule has 2 N–H and O–H groups in total. The number of carbonyl (C=O) groups is 1. The molecule has 0 spiro atoms. The summed E-state index contributed by atoms with van der Waals surface area (Å²) >= 11 is 6.08. The van der Waals surface area contributed by atoms with E-state index >= 15 is 0 Å². The quantitative estimate of drug-likeness (QED) is 0.682. The molecule has 1 heterocycles. The molecule has 0 aliphatic heterocycles. The highest BCUT2D eigenvalue weighted by molar-refractivity contribution is 6.33. The molecule has 0 bridgehead atoms. The minimum Gasteiger partial charge on any atom is -0.332 e. The zero-order chi connectivity index (χ0) is 19.5. The van der Waals surface area contributed by atoms with Crippen LogP contribution in [0.1, 0.15) is 37.4 Å². The molecule has 2 amide bonds. The maximum atomic E-state index is 12.9. The van der Waals surface area contributed by atoms with Gasteiger partial charge in [-0.2, -0.15) is 5.10 Å². The van der Waals surface area contributed by atoms with E-state index in [1.165, 1.54) is 0 Å². The largest absolute Gasteiger partial charge is 0.332 e. The minimum absolute atomic E-state index is 0.0632. The van der Waals surface area contributed by atoms with Crippen molar-refractivity contribution in [3.05, 3.63) is 69.6 Å². The Morgan fingerprint density at radius 1 is 1.07 bits per heavy atom. The molecule has 0 radical (unpaired) electrons. The molecule has 1 fully saturated rings. The van der Waals surface area contributed by atoms with Crippen LogP contribution in [0.3, 0.4) is 0 Å². The van der Waals surface area contributed by atoms with Gasteiger partial charge in [0.2, 0.25) is 0 Å². The maximum Gasteiger partial charge on any atom is 0.319 e. The number of fused-ring (bicyclic) bond motifs is 1. The number of hydrogen-bond donors (Lipinski definition) is 2. The van der Waals surface area contributed by atoms with Gasteiger partial charge in [-0.15, -0.1) is 0 Å². The highest BCUT2D eigenvalue weighted by atomic mass is 35.5. The van der Waals surface area contributed by atoms with Crippen LogP contribution in [0.15, 0.2) is 53.3 Å². The first kappa shape index (κ1) is 18.5. The standard InChI is InChI=1S/C21H21ClN4O2/c22-17-11-5-6-12-18(17)24-21(28)23-13-19-15-9-3-4-10-16(15)20(27)26(25-19)14-7-1-2-8-14/h3-6,9-12,14H,1-2,7-8,13H2,(H2,23,24,28). The van der Waals surface area contributed by atoms with Crippen LogP contribution in [-0.4, -0.2) is 15.8 Å². The van der Waals surface area contributed by atoms with E-state index in [0.717, 1.165) is 31.1 Å². The van der Waals surface area contributed by atoms with E-state index in [9.17, 15) is 9.59 Å². The smallest absolute Gasteiger partial charge is 0.319 e. The summed E-state index contributed by atoms with van der Waals surface area (Å²) in [6, 6.07) is 14.2. The van der Waals surface area contributed by atoms with Crippen molar-refractivity contribution in [2.45, 2.75) is 38.3 Å².